The number of anilines is 1. The molecule has 0 aliphatic carbocycles. The van der Waals surface area contributed by atoms with Crippen molar-refractivity contribution in [2.75, 3.05) is 19.0 Å². The molecule has 0 aliphatic heterocycles. The Morgan fingerprint density at radius 1 is 1.04 bits per heavy atom. The third-order valence-corrected chi connectivity index (χ3v) is 3.43. The first-order chi connectivity index (χ1) is 11.1. The summed E-state index contributed by atoms with van der Waals surface area (Å²) in [5, 5.41) is 5.41. The van der Waals surface area contributed by atoms with Crippen LogP contribution in [-0.4, -0.2) is 25.5 Å². The van der Waals surface area contributed by atoms with Gasteiger partial charge in [0.15, 0.2) is 0 Å². The van der Waals surface area contributed by atoms with Gasteiger partial charge in [-0.25, -0.2) is 0 Å². The van der Waals surface area contributed by atoms with Crippen LogP contribution < -0.4 is 15.4 Å². The van der Waals surface area contributed by atoms with Gasteiger partial charge in [-0.15, -0.1) is 0 Å². The van der Waals surface area contributed by atoms with E-state index >= 15 is 0 Å². The number of rotatable bonds is 6. The molecule has 2 amide bonds. The molecule has 0 saturated carbocycles. The minimum atomic E-state index is -0.299. The number of para-hydroxylation sites is 1. The van der Waals surface area contributed by atoms with Gasteiger partial charge in [-0.05, 0) is 42.3 Å². The molecule has 0 saturated heterocycles. The molecular formula is C18H20N2O3. The van der Waals surface area contributed by atoms with E-state index in [0.717, 1.165) is 17.7 Å². The first kappa shape index (κ1) is 16.5. The van der Waals surface area contributed by atoms with Crippen molar-refractivity contribution < 1.29 is 14.3 Å². The molecule has 0 unspecified atom stereocenters. The first-order valence-corrected chi connectivity index (χ1v) is 7.44. The van der Waals surface area contributed by atoms with Crippen LogP contribution in [0.2, 0.25) is 0 Å². The van der Waals surface area contributed by atoms with Crippen molar-refractivity contribution in [1.29, 1.82) is 0 Å². The van der Waals surface area contributed by atoms with Gasteiger partial charge in [0.05, 0.1) is 13.7 Å². The summed E-state index contributed by atoms with van der Waals surface area (Å²) in [6.07, 6.45) is 0.828. The van der Waals surface area contributed by atoms with Crippen LogP contribution in [0.5, 0.6) is 5.75 Å². The summed E-state index contributed by atoms with van der Waals surface area (Å²) < 4.78 is 5.04. The molecule has 0 atom stereocenters. The highest BCUT2D eigenvalue weighted by Gasteiger charge is 2.09. The zero-order valence-electron chi connectivity index (χ0n) is 13.3. The predicted molar refractivity (Wildman–Crippen MR) is 89.8 cm³/mol. The van der Waals surface area contributed by atoms with Crippen LogP contribution >= 0.6 is 0 Å². The number of carbonyl (C=O) groups excluding carboxylic acids is 2. The van der Waals surface area contributed by atoms with Crippen molar-refractivity contribution in [2.24, 2.45) is 0 Å². The highest BCUT2D eigenvalue weighted by Crippen LogP contribution is 2.15. The number of ether oxygens (including phenoxy) is 1. The molecule has 2 rings (SSSR count). The number of amides is 2. The fourth-order valence-corrected chi connectivity index (χ4v) is 2.15. The molecule has 5 nitrogen and oxygen atoms in total. The molecule has 2 aromatic carbocycles. The maximum absolute atomic E-state index is 12.0. The molecule has 2 aromatic rings. The second-order valence-corrected chi connectivity index (χ2v) is 4.97. The molecular weight excluding hydrogens is 292 g/mol. The molecule has 120 valence electrons. The lowest BCUT2D eigenvalue weighted by atomic mass is 10.1. The Hall–Kier alpha value is -2.82. The largest absolute Gasteiger partial charge is 0.497 e. The first-order valence-electron chi connectivity index (χ1n) is 7.44. The van der Waals surface area contributed by atoms with Gasteiger partial charge in [-0.3, -0.25) is 9.59 Å². The Bertz CT molecular complexity index is 681. The number of hydrogen-bond acceptors (Lipinski definition) is 3. The lowest BCUT2D eigenvalue weighted by molar-refractivity contribution is -0.115. The lowest BCUT2D eigenvalue weighted by Crippen LogP contribution is -2.33. The number of carbonyl (C=O) groups is 2. The summed E-state index contributed by atoms with van der Waals surface area (Å²) >= 11 is 0. The van der Waals surface area contributed by atoms with E-state index in [4.69, 9.17) is 4.74 Å². The van der Waals surface area contributed by atoms with E-state index in [-0.39, 0.29) is 18.4 Å². The molecule has 0 bridgehead atoms. The van der Waals surface area contributed by atoms with E-state index < -0.39 is 0 Å². The number of aryl methyl sites for hydroxylation is 1. The van der Waals surface area contributed by atoms with E-state index in [1.807, 2.05) is 31.2 Å². The second kappa shape index (κ2) is 7.98. The summed E-state index contributed by atoms with van der Waals surface area (Å²) in [6.45, 7) is 1.94. The van der Waals surface area contributed by atoms with Crippen molar-refractivity contribution in [3.8, 4) is 5.75 Å². The average molecular weight is 312 g/mol. The Kier molecular flexibility index (Phi) is 5.74. The predicted octanol–water partition coefficient (Wildman–Crippen LogP) is 2.63. The number of nitrogens with one attached hydrogen (secondary N) is 2. The zero-order valence-corrected chi connectivity index (χ0v) is 13.3. The Balaban J connectivity index is 1.89. The number of methoxy groups -OCH3 is 1. The number of hydrogen-bond donors (Lipinski definition) is 2. The molecule has 0 aromatic heterocycles. The Morgan fingerprint density at radius 2 is 1.74 bits per heavy atom. The van der Waals surface area contributed by atoms with E-state index in [1.165, 1.54) is 0 Å². The van der Waals surface area contributed by atoms with E-state index in [2.05, 4.69) is 10.6 Å². The summed E-state index contributed by atoms with van der Waals surface area (Å²) in [7, 11) is 1.56. The zero-order chi connectivity index (χ0) is 16.7. The van der Waals surface area contributed by atoms with Gasteiger partial charge in [0, 0.05) is 11.3 Å². The van der Waals surface area contributed by atoms with Crippen LogP contribution in [0.4, 0.5) is 5.69 Å². The van der Waals surface area contributed by atoms with E-state index in [0.29, 0.717) is 11.3 Å². The molecule has 5 heteroatoms. The molecule has 23 heavy (non-hydrogen) atoms. The van der Waals surface area contributed by atoms with Crippen LogP contribution in [0.3, 0.4) is 0 Å². The SMILES string of the molecule is CCc1ccccc1NC(=O)CNC(=O)c1ccc(OC)cc1. The van der Waals surface area contributed by atoms with Gasteiger partial charge in [0.1, 0.15) is 5.75 Å². The summed E-state index contributed by atoms with van der Waals surface area (Å²) in [4.78, 5) is 24.0. The second-order valence-electron chi connectivity index (χ2n) is 4.97. The standard InChI is InChI=1S/C18H20N2O3/c1-3-13-6-4-5-7-16(13)20-17(21)12-19-18(22)14-8-10-15(23-2)11-9-14/h4-11H,3,12H2,1-2H3,(H,19,22)(H,20,21). The third kappa shape index (κ3) is 4.57. The molecule has 2 N–H and O–H groups in total. The number of benzene rings is 2. The maximum Gasteiger partial charge on any atom is 0.251 e. The van der Waals surface area contributed by atoms with Crippen molar-refractivity contribution in [3.63, 3.8) is 0 Å². The molecule has 0 spiro atoms. The fraction of sp³-hybridized carbons (Fsp3) is 0.222. The Morgan fingerprint density at radius 3 is 2.39 bits per heavy atom. The summed E-state index contributed by atoms with van der Waals surface area (Å²) in [6, 6.07) is 14.3. The van der Waals surface area contributed by atoms with E-state index in [9.17, 15) is 9.59 Å². The lowest BCUT2D eigenvalue weighted by Gasteiger charge is -2.10. The van der Waals surface area contributed by atoms with Gasteiger partial charge in [-0.1, -0.05) is 25.1 Å². The van der Waals surface area contributed by atoms with E-state index in [1.54, 1.807) is 31.4 Å². The monoisotopic (exact) mass is 312 g/mol. The van der Waals surface area contributed by atoms with Crippen molar-refractivity contribution in [2.45, 2.75) is 13.3 Å². The van der Waals surface area contributed by atoms with Crippen molar-refractivity contribution in [1.82, 2.24) is 5.32 Å². The average Bonchev–Trinajstić information content (AvgIpc) is 2.60. The fourth-order valence-electron chi connectivity index (χ4n) is 2.15. The molecule has 0 fully saturated rings. The third-order valence-electron chi connectivity index (χ3n) is 3.43. The quantitative estimate of drug-likeness (QED) is 0.861. The van der Waals surface area contributed by atoms with Crippen LogP contribution in [0.1, 0.15) is 22.8 Å². The van der Waals surface area contributed by atoms with Gasteiger partial charge >= 0.3 is 0 Å². The van der Waals surface area contributed by atoms with Crippen LogP contribution in [0.25, 0.3) is 0 Å². The highest BCUT2D eigenvalue weighted by atomic mass is 16.5. The van der Waals surface area contributed by atoms with Gasteiger partial charge in [-0.2, -0.15) is 0 Å². The van der Waals surface area contributed by atoms with Gasteiger partial charge in [0.25, 0.3) is 5.91 Å². The molecule has 0 radical (unpaired) electrons. The minimum absolute atomic E-state index is 0.0804. The topological polar surface area (TPSA) is 67.4 Å². The van der Waals surface area contributed by atoms with Crippen molar-refractivity contribution in [3.05, 3.63) is 59.7 Å². The Labute approximate surface area is 135 Å². The summed E-state index contributed by atoms with van der Waals surface area (Å²) in [5.41, 5.74) is 2.31. The van der Waals surface area contributed by atoms with Crippen LogP contribution in [-0.2, 0) is 11.2 Å². The maximum atomic E-state index is 12.0. The smallest absolute Gasteiger partial charge is 0.251 e. The van der Waals surface area contributed by atoms with Crippen LogP contribution in [0.15, 0.2) is 48.5 Å². The summed E-state index contributed by atoms with van der Waals surface area (Å²) in [5.74, 6) is 0.120. The van der Waals surface area contributed by atoms with Crippen LogP contribution in [0, 0.1) is 0 Å². The van der Waals surface area contributed by atoms with Gasteiger partial charge in [0.2, 0.25) is 5.91 Å². The molecule has 0 heterocycles. The van der Waals surface area contributed by atoms with Crippen molar-refractivity contribution >= 4 is 17.5 Å². The minimum Gasteiger partial charge on any atom is -0.497 e. The normalized spacial score (nSPS) is 10.0. The molecule has 0 aliphatic rings. The van der Waals surface area contributed by atoms with Gasteiger partial charge < -0.3 is 15.4 Å². The highest BCUT2D eigenvalue weighted by molar-refractivity contribution is 5.99.